The highest BCUT2D eigenvalue weighted by atomic mass is 19.1. The zero-order valence-corrected chi connectivity index (χ0v) is 13.5. The number of nitrogens with one attached hydrogen (secondary N) is 1. The number of amides is 1. The molecular weight excluding hydrogens is 287 g/mol. The van der Waals surface area contributed by atoms with Crippen molar-refractivity contribution in [2.45, 2.75) is 45.6 Å². The fourth-order valence-corrected chi connectivity index (χ4v) is 2.49. The summed E-state index contributed by atoms with van der Waals surface area (Å²) in [5, 5.41) is 2.45. The molecule has 1 aromatic heterocycles. The lowest BCUT2D eigenvalue weighted by Crippen LogP contribution is -2.28. The zero-order chi connectivity index (χ0) is 16.3. The zero-order valence-electron chi connectivity index (χ0n) is 13.5. The maximum Gasteiger partial charge on any atom is 0.412 e. The molecule has 1 aromatic rings. The number of hydrogen-bond donors (Lipinski definition) is 1. The average Bonchev–Trinajstić information content (AvgIpc) is 2.40. The highest BCUT2D eigenvalue weighted by Gasteiger charge is 2.26. The van der Waals surface area contributed by atoms with Gasteiger partial charge in [-0.1, -0.05) is 6.92 Å². The van der Waals surface area contributed by atoms with Gasteiger partial charge in [0.2, 0.25) is 0 Å². The van der Waals surface area contributed by atoms with Crippen molar-refractivity contribution < 1.29 is 18.7 Å². The van der Waals surface area contributed by atoms with E-state index in [1.807, 2.05) is 0 Å². The van der Waals surface area contributed by atoms with E-state index in [1.165, 1.54) is 0 Å². The van der Waals surface area contributed by atoms with Crippen LogP contribution in [0.3, 0.4) is 0 Å². The van der Waals surface area contributed by atoms with Crippen LogP contribution < -0.4 is 5.32 Å². The average molecular weight is 310 g/mol. The van der Waals surface area contributed by atoms with Crippen molar-refractivity contribution in [1.82, 2.24) is 4.98 Å². The Morgan fingerprint density at radius 1 is 1.50 bits per heavy atom. The molecule has 2 unspecified atom stereocenters. The van der Waals surface area contributed by atoms with Crippen LogP contribution in [0.25, 0.3) is 0 Å². The predicted molar refractivity (Wildman–Crippen MR) is 81.4 cm³/mol. The summed E-state index contributed by atoms with van der Waals surface area (Å²) < 4.78 is 24.4. The molecule has 0 radical (unpaired) electrons. The number of halogens is 1. The smallest absolute Gasteiger partial charge is 0.412 e. The topological polar surface area (TPSA) is 60.5 Å². The van der Waals surface area contributed by atoms with Crippen LogP contribution in [0.4, 0.5) is 14.9 Å². The number of pyridine rings is 1. The molecule has 2 atom stereocenters. The Bertz CT molecular complexity index is 543. The Hall–Kier alpha value is -1.69. The molecule has 0 bridgehead atoms. The van der Waals surface area contributed by atoms with Crippen molar-refractivity contribution >= 4 is 11.8 Å². The maximum atomic E-state index is 13.9. The van der Waals surface area contributed by atoms with Gasteiger partial charge >= 0.3 is 6.09 Å². The lowest BCUT2D eigenvalue weighted by Gasteiger charge is -2.28. The molecule has 2 rings (SSSR count). The molecule has 0 saturated carbocycles. The van der Waals surface area contributed by atoms with Gasteiger partial charge < -0.3 is 9.47 Å². The van der Waals surface area contributed by atoms with Gasteiger partial charge in [0.05, 0.1) is 11.9 Å². The number of rotatable bonds is 2. The molecule has 1 amide bonds. The summed E-state index contributed by atoms with van der Waals surface area (Å²) in [6, 6.07) is 1.59. The summed E-state index contributed by atoms with van der Waals surface area (Å²) in [4.78, 5) is 16.0. The van der Waals surface area contributed by atoms with Crippen LogP contribution in [-0.2, 0) is 9.47 Å². The van der Waals surface area contributed by atoms with Gasteiger partial charge in [-0.3, -0.25) is 10.3 Å². The van der Waals surface area contributed by atoms with E-state index in [-0.39, 0.29) is 11.6 Å². The van der Waals surface area contributed by atoms with Crippen LogP contribution in [0.2, 0.25) is 0 Å². The summed E-state index contributed by atoms with van der Waals surface area (Å²) in [6.45, 7) is 8.68. The first kappa shape index (κ1) is 16.7. The third-order valence-electron chi connectivity index (χ3n) is 3.53. The van der Waals surface area contributed by atoms with Gasteiger partial charge in [-0.25, -0.2) is 9.18 Å². The van der Waals surface area contributed by atoms with Gasteiger partial charge in [0.15, 0.2) is 5.82 Å². The van der Waals surface area contributed by atoms with E-state index in [0.29, 0.717) is 19.1 Å². The number of carbonyl (C=O) groups is 1. The predicted octanol–water partition coefficient (Wildman–Crippen LogP) is 3.71. The lowest BCUT2D eigenvalue weighted by atomic mass is 9.87. The van der Waals surface area contributed by atoms with Gasteiger partial charge in [-0.15, -0.1) is 0 Å². The highest BCUT2D eigenvalue weighted by molar-refractivity contribution is 5.85. The molecule has 22 heavy (non-hydrogen) atoms. The summed E-state index contributed by atoms with van der Waals surface area (Å²) in [5.41, 5.74) is 0.229. The van der Waals surface area contributed by atoms with Gasteiger partial charge in [0, 0.05) is 24.8 Å². The van der Waals surface area contributed by atoms with Crippen LogP contribution >= 0.6 is 0 Å². The van der Waals surface area contributed by atoms with E-state index in [2.05, 4.69) is 17.2 Å². The van der Waals surface area contributed by atoms with Gasteiger partial charge in [0.1, 0.15) is 5.60 Å². The summed E-state index contributed by atoms with van der Waals surface area (Å²) in [5.74, 6) is -0.0658. The summed E-state index contributed by atoms with van der Waals surface area (Å²) >= 11 is 0. The van der Waals surface area contributed by atoms with Crippen molar-refractivity contribution in [3.63, 3.8) is 0 Å². The number of ether oxygens (including phenoxy) is 2. The fraction of sp³-hybridized carbons (Fsp3) is 0.625. The van der Waals surface area contributed by atoms with Gasteiger partial charge in [-0.05, 0) is 39.2 Å². The van der Waals surface area contributed by atoms with Crippen LogP contribution in [0.5, 0.6) is 0 Å². The molecule has 1 saturated heterocycles. The van der Waals surface area contributed by atoms with E-state index in [0.717, 1.165) is 18.3 Å². The van der Waals surface area contributed by atoms with E-state index in [4.69, 9.17) is 9.47 Å². The SMILES string of the molecule is CC1COCCC1c1cc(NC(=O)OC(C)(C)C)c(F)cn1. The first-order valence-corrected chi connectivity index (χ1v) is 7.49. The van der Waals surface area contributed by atoms with E-state index in [9.17, 15) is 9.18 Å². The first-order valence-electron chi connectivity index (χ1n) is 7.49. The fourth-order valence-electron chi connectivity index (χ4n) is 2.49. The van der Waals surface area contributed by atoms with E-state index >= 15 is 0 Å². The van der Waals surface area contributed by atoms with Crippen LogP contribution in [0, 0.1) is 11.7 Å². The number of aromatic nitrogens is 1. The Morgan fingerprint density at radius 2 is 2.23 bits per heavy atom. The van der Waals surface area contributed by atoms with Crippen LogP contribution in [-0.4, -0.2) is 29.9 Å². The quantitative estimate of drug-likeness (QED) is 0.904. The van der Waals surface area contributed by atoms with Crippen LogP contribution in [0.1, 0.15) is 45.7 Å². The Labute approximate surface area is 130 Å². The maximum absolute atomic E-state index is 13.9. The molecule has 1 aliphatic heterocycles. The van der Waals surface area contributed by atoms with Gasteiger partial charge in [0.25, 0.3) is 0 Å². The first-order chi connectivity index (χ1) is 10.3. The Kier molecular flexibility index (Phi) is 5.01. The third-order valence-corrected chi connectivity index (χ3v) is 3.53. The van der Waals surface area contributed by atoms with Gasteiger partial charge in [-0.2, -0.15) is 0 Å². The van der Waals surface area contributed by atoms with Crippen LogP contribution in [0.15, 0.2) is 12.3 Å². The summed E-state index contributed by atoms with van der Waals surface area (Å²) in [7, 11) is 0. The van der Waals surface area contributed by atoms with Crippen molar-refractivity contribution in [1.29, 1.82) is 0 Å². The van der Waals surface area contributed by atoms with Crippen molar-refractivity contribution in [2.24, 2.45) is 5.92 Å². The summed E-state index contributed by atoms with van der Waals surface area (Å²) in [6.07, 6.45) is 1.30. The molecule has 5 nitrogen and oxygen atoms in total. The molecule has 1 fully saturated rings. The third kappa shape index (κ3) is 4.40. The minimum absolute atomic E-state index is 0.0953. The van der Waals surface area contributed by atoms with Crippen molar-refractivity contribution in [2.75, 3.05) is 18.5 Å². The molecule has 122 valence electrons. The number of carbonyl (C=O) groups excluding carboxylic acids is 1. The lowest BCUT2D eigenvalue weighted by molar-refractivity contribution is 0.0463. The highest BCUT2D eigenvalue weighted by Crippen LogP contribution is 2.32. The second kappa shape index (κ2) is 6.60. The van der Waals surface area contributed by atoms with Crippen molar-refractivity contribution in [3.05, 3.63) is 23.8 Å². The normalized spacial score (nSPS) is 22.2. The van der Waals surface area contributed by atoms with E-state index in [1.54, 1.807) is 26.8 Å². The molecule has 0 aromatic carbocycles. The molecule has 6 heteroatoms. The standard InChI is InChI=1S/C16H23FN2O3/c1-10-9-21-6-5-11(10)13-7-14(12(17)8-18-13)19-15(20)22-16(2,3)4/h7-8,10-11H,5-6,9H2,1-4H3,(H,18,19,20). The number of nitrogens with zero attached hydrogens (tertiary/aromatic N) is 1. The monoisotopic (exact) mass is 310 g/mol. The van der Waals surface area contributed by atoms with E-state index < -0.39 is 17.5 Å². The number of hydrogen-bond acceptors (Lipinski definition) is 4. The Balaban J connectivity index is 2.14. The second-order valence-corrected chi connectivity index (χ2v) is 6.66. The Morgan fingerprint density at radius 3 is 2.86 bits per heavy atom. The molecule has 0 spiro atoms. The largest absolute Gasteiger partial charge is 0.444 e. The number of anilines is 1. The molecule has 1 aliphatic rings. The molecular formula is C16H23FN2O3. The molecule has 0 aliphatic carbocycles. The minimum atomic E-state index is -0.677. The molecule has 1 N–H and O–H groups in total. The van der Waals surface area contributed by atoms with Crippen molar-refractivity contribution in [3.8, 4) is 0 Å². The second-order valence-electron chi connectivity index (χ2n) is 6.66. The molecule has 2 heterocycles. The minimum Gasteiger partial charge on any atom is -0.444 e.